The van der Waals surface area contributed by atoms with Crippen LogP contribution in [0.3, 0.4) is 0 Å². The first-order valence-corrected chi connectivity index (χ1v) is 10.1. The first kappa shape index (κ1) is 16.0. The summed E-state index contributed by atoms with van der Waals surface area (Å²) in [6.45, 7) is 16.8. The second-order valence-corrected chi connectivity index (χ2v) is 11.4. The van der Waals surface area contributed by atoms with Crippen LogP contribution >= 0.6 is 0 Å². The summed E-state index contributed by atoms with van der Waals surface area (Å²) in [7, 11) is -1.76. The predicted molar refractivity (Wildman–Crippen MR) is 79.1 cm³/mol. The van der Waals surface area contributed by atoms with E-state index in [0.717, 1.165) is 0 Å². The van der Waals surface area contributed by atoms with Crippen LogP contribution in [-0.2, 0) is 13.7 Å². The Morgan fingerprint density at radius 2 is 1.50 bits per heavy atom. The van der Waals surface area contributed by atoms with Crippen molar-refractivity contribution in [1.82, 2.24) is 0 Å². The van der Waals surface area contributed by atoms with Crippen LogP contribution < -0.4 is 0 Å². The number of hydrogen-bond acceptors (Lipinski definition) is 3. The van der Waals surface area contributed by atoms with Crippen molar-refractivity contribution in [1.29, 1.82) is 0 Å². The van der Waals surface area contributed by atoms with Crippen molar-refractivity contribution in [2.24, 2.45) is 0 Å². The van der Waals surface area contributed by atoms with Gasteiger partial charge in [-0.1, -0.05) is 12.1 Å². The third-order valence-electron chi connectivity index (χ3n) is 3.35. The summed E-state index contributed by atoms with van der Waals surface area (Å²) >= 11 is 0. The minimum absolute atomic E-state index is 0.107. The summed E-state index contributed by atoms with van der Waals surface area (Å²) in [5.41, 5.74) is -0.546. The van der Waals surface area contributed by atoms with Gasteiger partial charge in [-0.25, -0.2) is 0 Å². The molecule has 1 aliphatic heterocycles. The molecule has 0 amide bonds. The number of rotatable bonds is 4. The monoisotopic (exact) mass is 270 g/mol. The lowest BCUT2D eigenvalue weighted by atomic mass is 9.89. The fraction of sp³-hybridized carbons (Fsp3) is 0.846. The third kappa shape index (κ3) is 4.23. The van der Waals surface area contributed by atoms with E-state index in [0.29, 0.717) is 0 Å². The molecule has 1 saturated heterocycles. The van der Waals surface area contributed by atoms with Crippen LogP contribution in [-0.4, -0.2) is 32.7 Å². The Bertz CT molecular complexity index is 305. The summed E-state index contributed by atoms with van der Waals surface area (Å²) in [5, 5.41) is 0. The third-order valence-corrected chi connectivity index (χ3v) is 4.43. The van der Waals surface area contributed by atoms with E-state index >= 15 is 0 Å². The van der Waals surface area contributed by atoms with Gasteiger partial charge in [-0.2, -0.15) is 0 Å². The van der Waals surface area contributed by atoms with E-state index in [1.807, 2.05) is 12.1 Å². The predicted octanol–water partition coefficient (Wildman–Crippen LogP) is 3.41. The number of hydrogen-bond donors (Lipinski definition) is 0. The highest BCUT2D eigenvalue weighted by Crippen LogP contribution is 2.36. The molecule has 0 radical (unpaired) electrons. The SMILES string of the molecule is CC(/C=C/B1OC(C)(C)C(C)(C)O1)O[Si](C)(C)C. The second kappa shape index (κ2) is 5.12. The zero-order chi connectivity index (χ0) is 14.2. The van der Waals surface area contributed by atoms with E-state index in [4.69, 9.17) is 13.7 Å². The molecule has 1 fully saturated rings. The molecule has 0 saturated carbocycles. The lowest BCUT2D eigenvalue weighted by Gasteiger charge is -2.32. The molecule has 104 valence electrons. The molecule has 0 spiro atoms. The Kier molecular flexibility index (Phi) is 4.54. The molecule has 5 heteroatoms. The van der Waals surface area contributed by atoms with E-state index in [9.17, 15) is 0 Å². The highest BCUT2D eigenvalue weighted by Gasteiger charge is 2.50. The van der Waals surface area contributed by atoms with Crippen molar-refractivity contribution in [3.05, 3.63) is 12.1 Å². The zero-order valence-corrected chi connectivity index (χ0v) is 14.0. The van der Waals surface area contributed by atoms with Gasteiger partial charge in [0, 0.05) is 0 Å². The first-order valence-electron chi connectivity index (χ1n) is 6.65. The normalized spacial score (nSPS) is 24.8. The molecule has 0 aliphatic carbocycles. The summed E-state index contributed by atoms with van der Waals surface area (Å²) in [6.07, 6.45) is 2.14. The lowest BCUT2D eigenvalue weighted by Crippen LogP contribution is -2.41. The van der Waals surface area contributed by atoms with E-state index in [1.54, 1.807) is 0 Å². The topological polar surface area (TPSA) is 27.7 Å². The maximum atomic E-state index is 5.94. The van der Waals surface area contributed by atoms with Gasteiger partial charge in [-0.3, -0.25) is 0 Å². The average Bonchev–Trinajstić information content (AvgIpc) is 2.29. The van der Waals surface area contributed by atoms with Crippen LogP contribution in [0.15, 0.2) is 12.1 Å². The standard InChI is InChI=1S/C13H27BO3Si/c1-11(15-18(6,7)8)9-10-14-16-12(2,3)13(4,5)17-14/h9-11H,1-8H3/b10-9+. The smallest absolute Gasteiger partial charge is 0.412 e. The molecule has 1 unspecified atom stereocenters. The van der Waals surface area contributed by atoms with Crippen molar-refractivity contribution in [2.45, 2.75) is 71.6 Å². The minimum Gasteiger partial charge on any atom is -0.412 e. The Hall–Kier alpha value is -0.0982. The van der Waals surface area contributed by atoms with Crippen molar-refractivity contribution in [3.8, 4) is 0 Å². The fourth-order valence-electron chi connectivity index (χ4n) is 1.81. The minimum atomic E-state index is -1.49. The van der Waals surface area contributed by atoms with Gasteiger partial charge >= 0.3 is 7.12 Å². The molecule has 3 nitrogen and oxygen atoms in total. The van der Waals surface area contributed by atoms with Gasteiger partial charge in [-0.05, 0) is 54.3 Å². The Labute approximate surface area is 113 Å². The van der Waals surface area contributed by atoms with Gasteiger partial charge in [0.1, 0.15) is 0 Å². The Morgan fingerprint density at radius 1 is 1.06 bits per heavy atom. The van der Waals surface area contributed by atoms with Crippen molar-refractivity contribution < 1.29 is 13.7 Å². The van der Waals surface area contributed by atoms with Gasteiger partial charge in [-0.15, -0.1) is 0 Å². The summed E-state index contributed by atoms with van der Waals surface area (Å²) in [5.74, 6) is 1.96. The fourth-order valence-corrected chi connectivity index (χ4v) is 3.01. The van der Waals surface area contributed by atoms with Crippen LogP contribution in [0.25, 0.3) is 0 Å². The molecule has 0 N–H and O–H groups in total. The first-order chi connectivity index (χ1) is 7.93. The molecular weight excluding hydrogens is 243 g/mol. The molecule has 0 aromatic rings. The van der Waals surface area contributed by atoms with Gasteiger partial charge in [0.05, 0.1) is 17.3 Å². The van der Waals surface area contributed by atoms with Crippen LogP contribution in [0, 0.1) is 0 Å². The lowest BCUT2D eigenvalue weighted by molar-refractivity contribution is 0.00578. The van der Waals surface area contributed by atoms with Gasteiger partial charge in [0.15, 0.2) is 8.32 Å². The highest BCUT2D eigenvalue weighted by molar-refractivity contribution is 6.69. The summed E-state index contributed by atoms with van der Waals surface area (Å²) < 4.78 is 17.7. The molecular formula is C13H27BO3Si. The molecule has 0 bridgehead atoms. The maximum absolute atomic E-state index is 5.94. The average molecular weight is 270 g/mol. The summed E-state index contributed by atoms with van der Waals surface area (Å²) in [4.78, 5) is 0. The van der Waals surface area contributed by atoms with E-state index in [2.05, 4.69) is 54.3 Å². The van der Waals surface area contributed by atoms with Gasteiger partial charge in [0.2, 0.25) is 0 Å². The molecule has 1 rings (SSSR count). The molecule has 1 heterocycles. The molecule has 1 atom stereocenters. The van der Waals surface area contributed by atoms with Crippen molar-refractivity contribution >= 4 is 15.4 Å². The molecule has 0 aromatic carbocycles. The van der Waals surface area contributed by atoms with Crippen LogP contribution in [0.2, 0.25) is 19.6 Å². The van der Waals surface area contributed by atoms with Gasteiger partial charge in [0.25, 0.3) is 0 Å². The Morgan fingerprint density at radius 3 is 1.89 bits per heavy atom. The van der Waals surface area contributed by atoms with Gasteiger partial charge < -0.3 is 13.7 Å². The van der Waals surface area contributed by atoms with Crippen LogP contribution in [0.5, 0.6) is 0 Å². The molecule has 1 aliphatic rings. The second-order valence-electron chi connectivity index (χ2n) is 6.94. The van der Waals surface area contributed by atoms with Crippen LogP contribution in [0.4, 0.5) is 0 Å². The largest absolute Gasteiger partial charge is 0.486 e. The zero-order valence-electron chi connectivity index (χ0n) is 13.0. The van der Waals surface area contributed by atoms with E-state index in [-0.39, 0.29) is 24.4 Å². The molecule has 18 heavy (non-hydrogen) atoms. The summed E-state index contributed by atoms with van der Waals surface area (Å²) in [6, 6.07) is 0. The van der Waals surface area contributed by atoms with E-state index < -0.39 is 8.32 Å². The van der Waals surface area contributed by atoms with E-state index in [1.165, 1.54) is 0 Å². The quantitative estimate of drug-likeness (QED) is 0.733. The Balaban J connectivity index is 2.55. The van der Waals surface area contributed by atoms with Crippen LogP contribution in [0.1, 0.15) is 34.6 Å². The maximum Gasteiger partial charge on any atom is 0.486 e. The highest BCUT2D eigenvalue weighted by atomic mass is 28.4. The van der Waals surface area contributed by atoms with Crippen molar-refractivity contribution in [2.75, 3.05) is 0 Å². The van der Waals surface area contributed by atoms with Crippen molar-refractivity contribution in [3.63, 3.8) is 0 Å². The molecule has 0 aromatic heterocycles.